The van der Waals surface area contributed by atoms with Gasteiger partial charge in [-0.2, -0.15) is 0 Å². The summed E-state index contributed by atoms with van der Waals surface area (Å²) in [6, 6.07) is 6.63. The van der Waals surface area contributed by atoms with Gasteiger partial charge in [-0.15, -0.1) is 0 Å². The zero-order valence-electron chi connectivity index (χ0n) is 16.2. The van der Waals surface area contributed by atoms with Crippen molar-refractivity contribution in [1.82, 2.24) is 14.5 Å². The number of hydrogen-bond donors (Lipinski definition) is 2. The van der Waals surface area contributed by atoms with E-state index in [0.717, 1.165) is 37.5 Å². The summed E-state index contributed by atoms with van der Waals surface area (Å²) in [6.07, 6.45) is 2.62. The van der Waals surface area contributed by atoms with Gasteiger partial charge in [0.15, 0.2) is 5.65 Å². The molecule has 2 heterocycles. The summed E-state index contributed by atoms with van der Waals surface area (Å²) in [5, 5.41) is 13.0. The van der Waals surface area contributed by atoms with E-state index >= 15 is 0 Å². The van der Waals surface area contributed by atoms with Crippen LogP contribution in [-0.4, -0.2) is 25.5 Å². The first kappa shape index (κ1) is 19.4. The number of aromatic nitrogens is 3. The lowest BCUT2D eigenvalue weighted by Crippen LogP contribution is -2.24. The normalized spacial score (nSPS) is 14.8. The first-order valence-corrected chi connectivity index (χ1v) is 9.58. The molecule has 152 valence electrons. The van der Waals surface area contributed by atoms with Gasteiger partial charge in [-0.3, -0.25) is 14.7 Å². The van der Waals surface area contributed by atoms with Gasteiger partial charge in [0, 0.05) is 11.6 Å². The molecule has 2 aromatic heterocycles. The number of nitrogens with one attached hydrogen (secondary N) is 1. The average molecular weight is 400 g/mol. The zero-order valence-corrected chi connectivity index (χ0v) is 16.2. The van der Waals surface area contributed by atoms with Crippen molar-refractivity contribution in [3.63, 3.8) is 0 Å². The summed E-state index contributed by atoms with van der Waals surface area (Å²) in [5.41, 5.74) is 0.557. The smallest absolute Gasteiger partial charge is 0.231 e. The molecule has 0 aliphatic heterocycles. The minimum Gasteiger partial charge on any atom is -0.384 e. The molecule has 0 bridgehead atoms. The molecular formula is C21H22F2N4O2. The predicted molar refractivity (Wildman–Crippen MR) is 104 cm³/mol. The van der Waals surface area contributed by atoms with E-state index in [4.69, 9.17) is 0 Å². The van der Waals surface area contributed by atoms with E-state index in [-0.39, 0.29) is 18.0 Å². The number of carbonyl (C=O) groups excluding carboxylic acids is 1. The molecule has 0 spiro atoms. The monoisotopic (exact) mass is 400 g/mol. The molecule has 0 unspecified atom stereocenters. The number of imidazole rings is 1. The van der Waals surface area contributed by atoms with Crippen LogP contribution >= 0.6 is 0 Å². The predicted octanol–water partition coefficient (Wildman–Crippen LogP) is 3.84. The molecule has 3 aromatic rings. The maximum Gasteiger partial charge on any atom is 0.231 e. The van der Waals surface area contributed by atoms with Crippen LogP contribution in [0.4, 0.5) is 14.7 Å². The molecule has 29 heavy (non-hydrogen) atoms. The van der Waals surface area contributed by atoms with E-state index in [1.807, 2.05) is 4.57 Å². The number of fused-ring (bicyclic) bond motifs is 1. The van der Waals surface area contributed by atoms with Gasteiger partial charge in [0.25, 0.3) is 0 Å². The van der Waals surface area contributed by atoms with Gasteiger partial charge in [-0.1, -0.05) is 0 Å². The van der Waals surface area contributed by atoms with Crippen molar-refractivity contribution < 1.29 is 18.7 Å². The Bertz CT molecular complexity index is 1080. The number of rotatable bonds is 5. The highest BCUT2D eigenvalue weighted by Crippen LogP contribution is 2.37. The number of halogens is 2. The lowest BCUT2D eigenvalue weighted by atomic mass is 9.93. The molecule has 6 nitrogen and oxygen atoms in total. The van der Waals surface area contributed by atoms with Gasteiger partial charge in [0.05, 0.1) is 12.1 Å². The minimum atomic E-state index is -1.11. The van der Waals surface area contributed by atoms with Gasteiger partial charge in [-0.05, 0) is 63.4 Å². The van der Waals surface area contributed by atoms with Gasteiger partial charge < -0.3 is 5.11 Å². The third-order valence-electron chi connectivity index (χ3n) is 5.21. The largest absolute Gasteiger partial charge is 0.384 e. The van der Waals surface area contributed by atoms with Crippen LogP contribution < -0.4 is 5.32 Å². The highest BCUT2D eigenvalue weighted by Gasteiger charge is 2.28. The fourth-order valence-electron chi connectivity index (χ4n) is 3.41. The number of amides is 1. The molecule has 1 aliphatic rings. The quantitative estimate of drug-likeness (QED) is 0.682. The van der Waals surface area contributed by atoms with E-state index in [1.165, 1.54) is 0 Å². The van der Waals surface area contributed by atoms with Crippen molar-refractivity contribution in [3.05, 3.63) is 53.2 Å². The third kappa shape index (κ3) is 3.85. The number of aliphatic hydroxyl groups is 1. The second-order valence-corrected chi connectivity index (χ2v) is 7.95. The summed E-state index contributed by atoms with van der Waals surface area (Å²) in [4.78, 5) is 21.6. The number of carbonyl (C=O) groups is 1. The molecule has 1 aliphatic carbocycles. The number of anilines is 1. The Morgan fingerprint density at radius 2 is 2.00 bits per heavy atom. The molecule has 1 fully saturated rings. The van der Waals surface area contributed by atoms with Crippen molar-refractivity contribution in [2.45, 2.75) is 51.2 Å². The van der Waals surface area contributed by atoms with Gasteiger partial charge in [0.1, 0.15) is 22.8 Å². The van der Waals surface area contributed by atoms with Crippen molar-refractivity contribution in [1.29, 1.82) is 0 Å². The molecule has 1 aromatic carbocycles. The second-order valence-electron chi connectivity index (χ2n) is 7.95. The van der Waals surface area contributed by atoms with Gasteiger partial charge in [0.2, 0.25) is 11.9 Å². The highest BCUT2D eigenvalue weighted by atomic mass is 19.1. The summed E-state index contributed by atoms with van der Waals surface area (Å²) < 4.78 is 29.1. The molecule has 0 saturated heterocycles. The Balaban J connectivity index is 1.67. The maximum absolute atomic E-state index is 13.9. The lowest BCUT2D eigenvalue weighted by Gasteiger charge is -2.28. The zero-order chi connectivity index (χ0) is 20.8. The number of hydrogen-bond acceptors (Lipinski definition) is 4. The van der Waals surface area contributed by atoms with Crippen LogP contribution in [0.1, 0.15) is 50.4 Å². The molecule has 0 radical (unpaired) electrons. The molecule has 2 N–H and O–H groups in total. The third-order valence-corrected chi connectivity index (χ3v) is 5.21. The van der Waals surface area contributed by atoms with Crippen molar-refractivity contribution >= 4 is 23.0 Å². The Morgan fingerprint density at radius 1 is 1.24 bits per heavy atom. The van der Waals surface area contributed by atoms with Crippen molar-refractivity contribution in [2.24, 2.45) is 0 Å². The number of pyridine rings is 1. The Morgan fingerprint density at radius 3 is 2.66 bits per heavy atom. The number of benzene rings is 1. The fourth-order valence-corrected chi connectivity index (χ4v) is 3.41. The number of nitrogens with zero attached hydrogens (tertiary/aromatic N) is 3. The molecule has 0 atom stereocenters. The molecular weight excluding hydrogens is 378 g/mol. The molecule has 1 saturated carbocycles. The van der Waals surface area contributed by atoms with Crippen LogP contribution in [0.3, 0.4) is 0 Å². The summed E-state index contributed by atoms with van der Waals surface area (Å²) in [7, 11) is 0. The lowest BCUT2D eigenvalue weighted by molar-refractivity contribution is -0.115. The van der Waals surface area contributed by atoms with E-state index < -0.39 is 23.1 Å². The Labute approximate surface area is 166 Å². The first-order valence-electron chi connectivity index (χ1n) is 9.58. The molecule has 1 amide bonds. The maximum atomic E-state index is 13.9. The standard InChI is InChI=1S/C21H22F2N4O2/c1-21(2,29)17-9-8-16-19(25-17)27(14-4-3-5-14)20(24-16)26-18(28)11-12-10-13(22)6-7-15(12)23/h6-10,14,29H,3-5,11H2,1-2H3,(H,24,26,28). The van der Waals surface area contributed by atoms with Gasteiger partial charge in [-0.25, -0.2) is 18.7 Å². The van der Waals surface area contributed by atoms with Crippen LogP contribution in [0, 0.1) is 11.6 Å². The summed E-state index contributed by atoms with van der Waals surface area (Å²) >= 11 is 0. The van der Waals surface area contributed by atoms with Gasteiger partial charge >= 0.3 is 0 Å². The van der Waals surface area contributed by atoms with Crippen molar-refractivity contribution in [2.75, 3.05) is 5.32 Å². The van der Waals surface area contributed by atoms with Crippen LogP contribution in [0.5, 0.6) is 0 Å². The highest BCUT2D eigenvalue weighted by molar-refractivity contribution is 5.92. The molecule has 4 rings (SSSR count). The van der Waals surface area contributed by atoms with E-state index in [1.54, 1.807) is 26.0 Å². The van der Waals surface area contributed by atoms with E-state index in [9.17, 15) is 18.7 Å². The van der Waals surface area contributed by atoms with Crippen LogP contribution in [0.2, 0.25) is 0 Å². The van der Waals surface area contributed by atoms with Crippen LogP contribution in [0.15, 0.2) is 30.3 Å². The summed E-state index contributed by atoms with van der Waals surface area (Å²) in [6.45, 7) is 3.31. The first-order chi connectivity index (χ1) is 13.7. The average Bonchev–Trinajstić information content (AvgIpc) is 2.93. The summed E-state index contributed by atoms with van der Waals surface area (Å²) in [5.74, 6) is -1.40. The van der Waals surface area contributed by atoms with Crippen LogP contribution in [0.25, 0.3) is 11.2 Å². The Hall–Kier alpha value is -2.87. The Kier molecular flexibility index (Phi) is 4.82. The van der Waals surface area contributed by atoms with E-state index in [0.29, 0.717) is 22.8 Å². The topological polar surface area (TPSA) is 80.0 Å². The van der Waals surface area contributed by atoms with Crippen LogP contribution in [-0.2, 0) is 16.8 Å². The van der Waals surface area contributed by atoms with E-state index in [2.05, 4.69) is 15.3 Å². The second kappa shape index (κ2) is 7.18. The fraction of sp³-hybridized carbons (Fsp3) is 0.381. The minimum absolute atomic E-state index is 0.0174. The van der Waals surface area contributed by atoms with Crippen molar-refractivity contribution in [3.8, 4) is 0 Å². The molecule has 8 heteroatoms. The SMILES string of the molecule is CC(C)(O)c1ccc2nc(NC(=O)Cc3cc(F)ccc3F)n(C3CCC3)c2n1.